The van der Waals surface area contributed by atoms with Gasteiger partial charge in [-0.15, -0.1) is 12.8 Å². The Morgan fingerprint density at radius 2 is 0.861 bits per heavy atom. The molecule has 0 heterocycles. The molecule has 3 aromatic rings. The van der Waals surface area contributed by atoms with Crippen molar-refractivity contribution in [1.82, 2.24) is 0 Å². The number of hydrogen-bond donors (Lipinski definition) is 4. The minimum Gasteiger partial charge on any atom is -0.326 e. The summed E-state index contributed by atoms with van der Waals surface area (Å²) in [5.41, 5.74) is 25.0. The van der Waals surface area contributed by atoms with Crippen LogP contribution in [0.25, 0.3) is 0 Å². The van der Waals surface area contributed by atoms with E-state index < -0.39 is 11.1 Å². The van der Waals surface area contributed by atoms with Crippen molar-refractivity contribution in [3.05, 3.63) is 106 Å². The quantitative estimate of drug-likeness (QED) is 0.328. The number of carbonyl (C=O) groups excluding carboxylic acids is 2. The standard InChI is InChI=1S/C30H30N4O2/c1-3-29(33,27(35)17-21-5-9-23(19-31)10-6-21)25-13-15-26(16-14-25)30(34,4-2)28(36)18-22-7-11-24(20-32)12-8-22/h1-2,5-16H,17-20,31-34H2. The highest BCUT2D eigenvalue weighted by Crippen LogP contribution is 2.26. The van der Waals surface area contributed by atoms with Crippen molar-refractivity contribution < 1.29 is 9.59 Å². The Kier molecular flexibility index (Phi) is 8.22. The Bertz CT molecular complexity index is 1210. The Labute approximate surface area is 212 Å². The summed E-state index contributed by atoms with van der Waals surface area (Å²) in [6.45, 7) is 0.824. The van der Waals surface area contributed by atoms with Crippen molar-refractivity contribution >= 4 is 11.6 Å². The van der Waals surface area contributed by atoms with E-state index in [2.05, 4.69) is 11.8 Å². The zero-order valence-corrected chi connectivity index (χ0v) is 20.0. The molecule has 0 aliphatic heterocycles. The summed E-state index contributed by atoms with van der Waals surface area (Å²) in [5, 5.41) is 0. The van der Waals surface area contributed by atoms with Crippen LogP contribution in [0, 0.1) is 24.7 Å². The predicted octanol–water partition coefficient (Wildman–Crippen LogP) is 1.80. The van der Waals surface area contributed by atoms with Crippen LogP contribution in [-0.4, -0.2) is 11.6 Å². The number of carbonyl (C=O) groups is 2. The summed E-state index contributed by atoms with van der Waals surface area (Å²) in [5.74, 6) is 4.19. The second-order valence-electron chi connectivity index (χ2n) is 8.72. The number of Topliss-reactive ketones (excluding diaryl/α,β-unsaturated/α-hetero) is 2. The van der Waals surface area contributed by atoms with Crippen LogP contribution in [0.1, 0.15) is 33.4 Å². The summed E-state index contributed by atoms with van der Waals surface area (Å²) in [6, 6.07) is 21.1. The lowest BCUT2D eigenvalue weighted by Gasteiger charge is -2.26. The first kappa shape index (κ1) is 26.6. The number of rotatable bonds is 10. The Morgan fingerprint density at radius 1 is 0.583 bits per heavy atom. The maximum atomic E-state index is 13.1. The van der Waals surface area contributed by atoms with E-state index in [1.165, 1.54) is 0 Å². The van der Waals surface area contributed by atoms with E-state index in [1.54, 1.807) is 24.3 Å². The van der Waals surface area contributed by atoms with Crippen molar-refractivity contribution in [2.45, 2.75) is 37.0 Å². The second kappa shape index (κ2) is 11.1. The number of ketones is 2. The molecule has 0 aliphatic carbocycles. The maximum Gasteiger partial charge on any atom is 0.173 e. The fraction of sp³-hybridized carbons (Fsp3) is 0.200. The average Bonchev–Trinajstić information content (AvgIpc) is 2.92. The molecule has 6 heteroatoms. The van der Waals surface area contributed by atoms with Crippen molar-refractivity contribution in [1.29, 1.82) is 0 Å². The van der Waals surface area contributed by atoms with Gasteiger partial charge >= 0.3 is 0 Å². The first-order valence-electron chi connectivity index (χ1n) is 11.5. The second-order valence-corrected chi connectivity index (χ2v) is 8.72. The van der Waals surface area contributed by atoms with Gasteiger partial charge in [0.05, 0.1) is 0 Å². The third kappa shape index (κ3) is 5.44. The van der Waals surface area contributed by atoms with Gasteiger partial charge < -0.3 is 22.9 Å². The Morgan fingerprint density at radius 3 is 1.11 bits per heavy atom. The first-order valence-corrected chi connectivity index (χ1v) is 11.5. The zero-order valence-electron chi connectivity index (χ0n) is 20.0. The highest BCUT2D eigenvalue weighted by molar-refractivity contribution is 5.95. The molecular weight excluding hydrogens is 448 g/mol. The largest absolute Gasteiger partial charge is 0.326 e. The number of benzene rings is 3. The Hall–Kier alpha value is -4.04. The van der Waals surface area contributed by atoms with Gasteiger partial charge in [0.25, 0.3) is 0 Å². The fourth-order valence-corrected chi connectivity index (χ4v) is 3.88. The topological polar surface area (TPSA) is 138 Å². The number of terminal acetylenes is 2. The lowest BCUT2D eigenvalue weighted by molar-refractivity contribution is -0.122. The van der Waals surface area contributed by atoms with Gasteiger partial charge in [0.2, 0.25) is 0 Å². The normalized spacial score (nSPS) is 14.1. The zero-order chi connectivity index (χ0) is 26.3. The van der Waals surface area contributed by atoms with Crippen LogP contribution < -0.4 is 22.9 Å². The lowest BCUT2D eigenvalue weighted by Crippen LogP contribution is -2.46. The van der Waals surface area contributed by atoms with E-state index in [4.69, 9.17) is 35.8 Å². The van der Waals surface area contributed by atoms with Crippen molar-refractivity contribution in [2.24, 2.45) is 22.9 Å². The van der Waals surface area contributed by atoms with Crippen molar-refractivity contribution in [3.63, 3.8) is 0 Å². The molecule has 0 aliphatic rings. The van der Waals surface area contributed by atoms with Crippen LogP contribution in [0.2, 0.25) is 0 Å². The van der Waals surface area contributed by atoms with Gasteiger partial charge in [-0.3, -0.25) is 9.59 Å². The molecule has 0 radical (unpaired) electrons. The maximum absolute atomic E-state index is 13.1. The lowest BCUT2D eigenvalue weighted by atomic mass is 9.81. The molecule has 3 aromatic carbocycles. The van der Waals surface area contributed by atoms with Gasteiger partial charge in [0.15, 0.2) is 22.6 Å². The molecule has 0 fully saturated rings. The van der Waals surface area contributed by atoms with Crippen molar-refractivity contribution in [3.8, 4) is 24.7 Å². The van der Waals surface area contributed by atoms with E-state index >= 15 is 0 Å². The van der Waals surface area contributed by atoms with Crippen LogP contribution in [0.4, 0.5) is 0 Å². The Balaban J connectivity index is 1.81. The molecule has 182 valence electrons. The summed E-state index contributed by atoms with van der Waals surface area (Å²) >= 11 is 0. The summed E-state index contributed by atoms with van der Waals surface area (Å²) < 4.78 is 0. The van der Waals surface area contributed by atoms with E-state index in [9.17, 15) is 9.59 Å². The van der Waals surface area contributed by atoms with Gasteiger partial charge in [-0.2, -0.15) is 0 Å². The van der Waals surface area contributed by atoms with E-state index in [0.29, 0.717) is 24.2 Å². The third-order valence-corrected chi connectivity index (χ3v) is 6.38. The van der Waals surface area contributed by atoms with Gasteiger partial charge in [0, 0.05) is 25.9 Å². The van der Waals surface area contributed by atoms with Gasteiger partial charge in [-0.1, -0.05) is 84.6 Å². The molecule has 36 heavy (non-hydrogen) atoms. The molecule has 2 atom stereocenters. The molecule has 0 spiro atoms. The molecule has 3 rings (SSSR count). The SMILES string of the molecule is C#CC(N)(C(=O)Cc1ccc(CN)cc1)c1ccc(C(N)(C#C)C(=O)Cc2ccc(CN)cc2)cc1. The van der Waals surface area contributed by atoms with Crippen molar-refractivity contribution in [2.75, 3.05) is 0 Å². The van der Waals surface area contributed by atoms with E-state index in [1.807, 2.05) is 48.5 Å². The molecule has 2 unspecified atom stereocenters. The molecular formula is C30H30N4O2. The third-order valence-electron chi connectivity index (χ3n) is 6.38. The highest BCUT2D eigenvalue weighted by Gasteiger charge is 2.36. The number of hydrogen-bond acceptors (Lipinski definition) is 6. The molecule has 6 nitrogen and oxygen atoms in total. The summed E-state index contributed by atoms with van der Waals surface area (Å²) in [4.78, 5) is 26.2. The van der Waals surface area contributed by atoms with Gasteiger partial charge in [-0.25, -0.2) is 0 Å². The summed E-state index contributed by atoms with van der Waals surface area (Å²) in [6.07, 6.45) is 11.5. The van der Waals surface area contributed by atoms with Gasteiger partial charge in [-0.05, 0) is 33.4 Å². The highest BCUT2D eigenvalue weighted by atomic mass is 16.1. The molecule has 0 saturated carbocycles. The monoisotopic (exact) mass is 478 g/mol. The van der Waals surface area contributed by atoms with E-state index in [0.717, 1.165) is 22.3 Å². The smallest absolute Gasteiger partial charge is 0.173 e. The van der Waals surface area contributed by atoms with Crippen LogP contribution >= 0.6 is 0 Å². The summed E-state index contributed by atoms with van der Waals surface area (Å²) in [7, 11) is 0. The fourth-order valence-electron chi connectivity index (χ4n) is 3.88. The minimum atomic E-state index is -1.66. The number of nitrogens with two attached hydrogens (primary N) is 4. The van der Waals surface area contributed by atoms with E-state index in [-0.39, 0.29) is 24.4 Å². The molecule has 8 N–H and O–H groups in total. The van der Waals surface area contributed by atoms with Crippen LogP contribution in [0.5, 0.6) is 0 Å². The molecule has 0 bridgehead atoms. The first-order chi connectivity index (χ1) is 17.2. The van der Waals surface area contributed by atoms with Crippen LogP contribution in [0.15, 0.2) is 72.8 Å². The molecule has 0 amide bonds. The predicted molar refractivity (Wildman–Crippen MR) is 142 cm³/mol. The van der Waals surface area contributed by atoms with Gasteiger partial charge in [0.1, 0.15) is 0 Å². The van der Waals surface area contributed by atoms with Crippen LogP contribution in [0.3, 0.4) is 0 Å². The van der Waals surface area contributed by atoms with Crippen LogP contribution in [-0.2, 0) is 46.6 Å². The average molecular weight is 479 g/mol. The molecule has 0 aromatic heterocycles. The molecule has 0 saturated heterocycles. The minimum absolute atomic E-state index is 0.0555.